The zero-order valence-corrected chi connectivity index (χ0v) is 11.4. The third-order valence-corrected chi connectivity index (χ3v) is 3.78. The molecular formula is C15H18FN3O. The van der Waals surface area contributed by atoms with Gasteiger partial charge in [0.2, 0.25) is 0 Å². The summed E-state index contributed by atoms with van der Waals surface area (Å²) < 4.78 is 14.8. The Morgan fingerprint density at radius 1 is 1.35 bits per heavy atom. The molecule has 0 bridgehead atoms. The van der Waals surface area contributed by atoms with Gasteiger partial charge in [0.25, 0.3) is 0 Å². The number of rotatable bonds is 3. The summed E-state index contributed by atoms with van der Waals surface area (Å²) in [6, 6.07) is 6.68. The molecule has 1 aliphatic heterocycles. The highest BCUT2D eigenvalue weighted by Crippen LogP contribution is 2.33. The van der Waals surface area contributed by atoms with Crippen LogP contribution in [0, 0.1) is 5.82 Å². The van der Waals surface area contributed by atoms with E-state index < -0.39 is 0 Å². The summed E-state index contributed by atoms with van der Waals surface area (Å²) in [7, 11) is 1.89. The number of aryl methyl sites for hydroxylation is 1. The van der Waals surface area contributed by atoms with Crippen molar-refractivity contribution in [2.24, 2.45) is 7.05 Å². The number of halogens is 1. The first kappa shape index (κ1) is 13.3. The van der Waals surface area contributed by atoms with Crippen molar-refractivity contribution in [2.75, 3.05) is 6.54 Å². The highest BCUT2D eigenvalue weighted by Gasteiger charge is 2.32. The van der Waals surface area contributed by atoms with Crippen molar-refractivity contribution in [2.45, 2.75) is 25.1 Å². The second kappa shape index (κ2) is 5.34. The fraction of sp³-hybridized carbons (Fsp3) is 0.400. The quantitative estimate of drug-likeness (QED) is 0.929. The van der Waals surface area contributed by atoms with E-state index in [2.05, 4.69) is 10.00 Å². The van der Waals surface area contributed by atoms with Crippen LogP contribution in [0.5, 0.6) is 0 Å². The molecule has 2 heterocycles. The molecule has 1 aromatic heterocycles. The largest absolute Gasteiger partial charge is 0.392 e. The second-order valence-electron chi connectivity index (χ2n) is 5.41. The van der Waals surface area contributed by atoms with Gasteiger partial charge >= 0.3 is 0 Å². The Kier molecular flexibility index (Phi) is 3.54. The number of β-amino-alcohol motifs (C(OH)–C–C–N with tert-alkyl or cyclic N) is 1. The van der Waals surface area contributed by atoms with E-state index in [1.54, 1.807) is 16.8 Å². The molecule has 1 fully saturated rings. The highest BCUT2D eigenvalue weighted by molar-refractivity contribution is 5.22. The smallest absolute Gasteiger partial charge is 0.123 e. The van der Waals surface area contributed by atoms with Crippen LogP contribution < -0.4 is 0 Å². The van der Waals surface area contributed by atoms with Gasteiger partial charge in [0, 0.05) is 37.9 Å². The molecule has 4 nitrogen and oxygen atoms in total. The SMILES string of the molecule is Cn1cc(CN2C[C@@H](O)C[C@@H]2c2ccc(F)cc2)cn1. The van der Waals surface area contributed by atoms with Crippen LogP contribution in [0.15, 0.2) is 36.7 Å². The van der Waals surface area contributed by atoms with E-state index >= 15 is 0 Å². The van der Waals surface area contributed by atoms with Crippen molar-refractivity contribution in [3.05, 3.63) is 53.6 Å². The van der Waals surface area contributed by atoms with Gasteiger partial charge in [-0.05, 0) is 24.1 Å². The highest BCUT2D eigenvalue weighted by atomic mass is 19.1. The molecule has 1 N–H and O–H groups in total. The summed E-state index contributed by atoms with van der Waals surface area (Å²) in [5.41, 5.74) is 2.17. The van der Waals surface area contributed by atoms with Gasteiger partial charge in [-0.1, -0.05) is 12.1 Å². The van der Waals surface area contributed by atoms with Gasteiger partial charge in [-0.2, -0.15) is 5.10 Å². The molecule has 2 aromatic rings. The molecule has 0 radical (unpaired) electrons. The molecule has 1 saturated heterocycles. The van der Waals surface area contributed by atoms with E-state index in [4.69, 9.17) is 0 Å². The number of hydrogen-bond donors (Lipinski definition) is 1. The molecule has 0 amide bonds. The van der Waals surface area contributed by atoms with Crippen molar-refractivity contribution in [1.29, 1.82) is 0 Å². The topological polar surface area (TPSA) is 41.3 Å². The van der Waals surface area contributed by atoms with Crippen LogP contribution in [0.4, 0.5) is 4.39 Å². The number of benzene rings is 1. The molecule has 106 valence electrons. The molecular weight excluding hydrogens is 257 g/mol. The van der Waals surface area contributed by atoms with Crippen molar-refractivity contribution >= 4 is 0 Å². The molecule has 0 saturated carbocycles. The molecule has 5 heteroatoms. The van der Waals surface area contributed by atoms with E-state index in [9.17, 15) is 9.50 Å². The van der Waals surface area contributed by atoms with Gasteiger partial charge in [-0.25, -0.2) is 4.39 Å². The number of likely N-dealkylation sites (tertiary alicyclic amines) is 1. The van der Waals surface area contributed by atoms with Crippen LogP contribution in [0.25, 0.3) is 0 Å². The van der Waals surface area contributed by atoms with Crippen molar-refractivity contribution < 1.29 is 9.50 Å². The first-order chi connectivity index (χ1) is 9.61. The van der Waals surface area contributed by atoms with Gasteiger partial charge in [-0.3, -0.25) is 9.58 Å². The third-order valence-electron chi connectivity index (χ3n) is 3.78. The Morgan fingerprint density at radius 3 is 2.75 bits per heavy atom. The van der Waals surface area contributed by atoms with E-state index in [1.165, 1.54) is 12.1 Å². The van der Waals surface area contributed by atoms with Crippen LogP contribution in [0.3, 0.4) is 0 Å². The van der Waals surface area contributed by atoms with Gasteiger partial charge in [0.15, 0.2) is 0 Å². The summed E-state index contributed by atoms with van der Waals surface area (Å²) in [5, 5.41) is 14.1. The van der Waals surface area contributed by atoms with Crippen molar-refractivity contribution in [3.8, 4) is 0 Å². The normalized spacial score (nSPS) is 23.4. The molecule has 0 aliphatic carbocycles. The summed E-state index contributed by atoms with van der Waals surface area (Å²) >= 11 is 0. The fourth-order valence-electron chi connectivity index (χ4n) is 2.87. The monoisotopic (exact) mass is 275 g/mol. The maximum atomic E-state index is 13.0. The van der Waals surface area contributed by atoms with Gasteiger partial charge in [-0.15, -0.1) is 0 Å². The Labute approximate surface area is 117 Å². The number of aromatic nitrogens is 2. The number of hydrogen-bond acceptors (Lipinski definition) is 3. The summed E-state index contributed by atoms with van der Waals surface area (Å²) in [6.45, 7) is 1.38. The molecule has 20 heavy (non-hydrogen) atoms. The Morgan fingerprint density at radius 2 is 2.10 bits per heavy atom. The van der Waals surface area contributed by atoms with E-state index in [1.807, 2.05) is 19.4 Å². The summed E-state index contributed by atoms with van der Waals surface area (Å²) in [4.78, 5) is 2.22. The Bertz CT molecular complexity index is 581. The average molecular weight is 275 g/mol. The zero-order chi connectivity index (χ0) is 14.1. The van der Waals surface area contributed by atoms with Crippen LogP contribution in [0.1, 0.15) is 23.6 Å². The molecule has 1 aromatic carbocycles. The standard InChI is InChI=1S/C15H18FN3O/c1-18-8-11(7-17-18)9-19-10-14(20)6-15(19)12-2-4-13(16)5-3-12/h2-5,7-8,14-15,20H,6,9-10H2,1H3/t14-,15+/m0/s1. The van der Waals surface area contributed by atoms with E-state index in [-0.39, 0.29) is 18.0 Å². The lowest BCUT2D eigenvalue weighted by Gasteiger charge is -2.23. The first-order valence-corrected chi connectivity index (χ1v) is 6.77. The number of nitrogens with zero attached hydrogens (tertiary/aromatic N) is 3. The predicted octanol–water partition coefficient (Wildman–Crippen LogP) is 1.87. The van der Waals surface area contributed by atoms with Gasteiger partial charge < -0.3 is 5.11 Å². The second-order valence-corrected chi connectivity index (χ2v) is 5.41. The molecule has 1 aliphatic rings. The minimum Gasteiger partial charge on any atom is -0.392 e. The van der Waals surface area contributed by atoms with E-state index in [0.717, 1.165) is 17.7 Å². The van der Waals surface area contributed by atoms with E-state index in [0.29, 0.717) is 13.0 Å². The third kappa shape index (κ3) is 2.73. The summed E-state index contributed by atoms with van der Waals surface area (Å²) in [6.07, 6.45) is 4.17. The lowest BCUT2D eigenvalue weighted by molar-refractivity contribution is 0.172. The molecule has 0 unspecified atom stereocenters. The lowest BCUT2D eigenvalue weighted by Crippen LogP contribution is -2.24. The van der Waals surface area contributed by atoms with Gasteiger partial charge in [0.1, 0.15) is 5.82 Å². The molecule has 3 rings (SSSR count). The fourth-order valence-corrected chi connectivity index (χ4v) is 2.87. The van der Waals surface area contributed by atoms with Crippen molar-refractivity contribution in [3.63, 3.8) is 0 Å². The van der Waals surface area contributed by atoms with Crippen molar-refractivity contribution in [1.82, 2.24) is 14.7 Å². The zero-order valence-electron chi connectivity index (χ0n) is 11.4. The minimum absolute atomic E-state index is 0.130. The van der Waals surface area contributed by atoms with Crippen LogP contribution >= 0.6 is 0 Å². The summed E-state index contributed by atoms with van der Waals surface area (Å²) in [5.74, 6) is -0.230. The molecule has 2 atom stereocenters. The maximum absolute atomic E-state index is 13.0. The minimum atomic E-state index is -0.332. The number of aliphatic hydroxyl groups is 1. The molecule has 0 spiro atoms. The maximum Gasteiger partial charge on any atom is 0.123 e. The van der Waals surface area contributed by atoms with Gasteiger partial charge in [0.05, 0.1) is 12.3 Å². The van der Waals surface area contributed by atoms with Crippen LogP contribution in [-0.4, -0.2) is 32.4 Å². The predicted molar refractivity (Wildman–Crippen MR) is 73.4 cm³/mol. The van der Waals surface area contributed by atoms with Crippen LogP contribution in [0.2, 0.25) is 0 Å². The van der Waals surface area contributed by atoms with Crippen LogP contribution in [-0.2, 0) is 13.6 Å². The Hall–Kier alpha value is -1.72. The first-order valence-electron chi connectivity index (χ1n) is 6.77. The number of aliphatic hydroxyl groups excluding tert-OH is 1. The average Bonchev–Trinajstić information content (AvgIpc) is 2.97. The lowest BCUT2D eigenvalue weighted by atomic mass is 10.0. The Balaban J connectivity index is 1.79.